The first-order chi connectivity index (χ1) is 9.99. The van der Waals surface area contributed by atoms with Gasteiger partial charge in [-0.25, -0.2) is 9.18 Å². The quantitative estimate of drug-likeness (QED) is 0.878. The van der Waals surface area contributed by atoms with E-state index in [0.29, 0.717) is 19.6 Å². The molecule has 2 rings (SSSR count). The molecule has 0 radical (unpaired) electrons. The number of nitrogens with zero attached hydrogens (tertiary/aromatic N) is 1. The van der Waals surface area contributed by atoms with Gasteiger partial charge in [0.2, 0.25) is 5.91 Å². The second kappa shape index (κ2) is 6.76. The molecule has 1 aliphatic rings. The largest absolute Gasteiger partial charge is 0.354 e. The molecule has 1 fully saturated rings. The molecule has 2 N–H and O–H groups in total. The van der Waals surface area contributed by atoms with E-state index in [-0.39, 0.29) is 28.9 Å². The van der Waals surface area contributed by atoms with Crippen LogP contribution < -0.4 is 10.6 Å². The second-order valence-electron chi connectivity index (χ2n) is 4.89. The van der Waals surface area contributed by atoms with E-state index in [9.17, 15) is 14.0 Å². The van der Waals surface area contributed by atoms with Crippen LogP contribution in [0.1, 0.15) is 24.9 Å². The van der Waals surface area contributed by atoms with Crippen molar-refractivity contribution in [1.82, 2.24) is 15.5 Å². The predicted octanol–water partition coefficient (Wildman–Crippen LogP) is 2.07. The molecule has 1 heterocycles. The third-order valence-corrected chi connectivity index (χ3v) is 3.70. The lowest BCUT2D eigenvalue weighted by Crippen LogP contribution is -2.42. The number of urea groups is 1. The van der Waals surface area contributed by atoms with Crippen LogP contribution in [0.25, 0.3) is 0 Å². The summed E-state index contributed by atoms with van der Waals surface area (Å²) in [6, 6.07) is 3.51. The Morgan fingerprint density at radius 3 is 2.95 bits per heavy atom. The number of amides is 3. The van der Waals surface area contributed by atoms with Crippen molar-refractivity contribution in [2.24, 2.45) is 0 Å². The molecule has 7 heteroatoms. The average Bonchev–Trinajstić information content (AvgIpc) is 2.63. The van der Waals surface area contributed by atoms with Gasteiger partial charge in [-0.15, -0.1) is 0 Å². The SMILES string of the molecule is CC(NC(=O)N1CCNC(=O)CC1)c1c(F)cccc1Cl. The average molecular weight is 314 g/mol. The van der Waals surface area contributed by atoms with Crippen LogP contribution in [0.3, 0.4) is 0 Å². The normalized spacial score (nSPS) is 16.9. The van der Waals surface area contributed by atoms with Gasteiger partial charge in [-0.2, -0.15) is 0 Å². The maximum atomic E-state index is 13.8. The smallest absolute Gasteiger partial charge is 0.317 e. The second-order valence-corrected chi connectivity index (χ2v) is 5.30. The molecule has 1 aliphatic heterocycles. The maximum Gasteiger partial charge on any atom is 0.317 e. The third kappa shape index (κ3) is 3.85. The van der Waals surface area contributed by atoms with Crippen LogP contribution in [-0.4, -0.2) is 36.5 Å². The van der Waals surface area contributed by atoms with E-state index in [1.807, 2.05) is 0 Å². The number of carbonyl (C=O) groups is 2. The molecular formula is C14H17ClFN3O2. The summed E-state index contributed by atoms with van der Waals surface area (Å²) in [6.07, 6.45) is 0.266. The fourth-order valence-corrected chi connectivity index (χ4v) is 2.57. The molecule has 0 bridgehead atoms. The first-order valence-corrected chi connectivity index (χ1v) is 7.13. The van der Waals surface area contributed by atoms with Gasteiger partial charge in [0.15, 0.2) is 0 Å². The van der Waals surface area contributed by atoms with Crippen molar-refractivity contribution in [2.45, 2.75) is 19.4 Å². The minimum atomic E-state index is -0.557. The molecule has 1 saturated heterocycles. The zero-order chi connectivity index (χ0) is 15.4. The van der Waals surface area contributed by atoms with Gasteiger partial charge in [0.25, 0.3) is 0 Å². The van der Waals surface area contributed by atoms with Crippen LogP contribution in [0, 0.1) is 5.82 Å². The minimum absolute atomic E-state index is 0.0736. The molecular weight excluding hydrogens is 297 g/mol. The van der Waals surface area contributed by atoms with Crippen molar-refractivity contribution in [3.63, 3.8) is 0 Å². The van der Waals surface area contributed by atoms with Crippen LogP contribution in [0.5, 0.6) is 0 Å². The van der Waals surface area contributed by atoms with E-state index in [2.05, 4.69) is 10.6 Å². The van der Waals surface area contributed by atoms with Gasteiger partial charge in [-0.1, -0.05) is 17.7 Å². The summed E-state index contributed by atoms with van der Waals surface area (Å²) in [5, 5.41) is 5.68. The molecule has 1 aromatic carbocycles. The Morgan fingerprint density at radius 1 is 1.48 bits per heavy atom. The highest BCUT2D eigenvalue weighted by atomic mass is 35.5. The molecule has 1 unspecified atom stereocenters. The number of carbonyl (C=O) groups excluding carboxylic acids is 2. The van der Waals surface area contributed by atoms with Crippen LogP contribution in [0.2, 0.25) is 5.02 Å². The van der Waals surface area contributed by atoms with Crippen LogP contribution >= 0.6 is 11.6 Å². The molecule has 21 heavy (non-hydrogen) atoms. The fraction of sp³-hybridized carbons (Fsp3) is 0.429. The monoisotopic (exact) mass is 313 g/mol. The summed E-state index contributed by atoms with van der Waals surface area (Å²) in [7, 11) is 0. The van der Waals surface area contributed by atoms with E-state index in [0.717, 1.165) is 0 Å². The highest BCUT2D eigenvalue weighted by Gasteiger charge is 2.22. The molecule has 1 aromatic rings. The van der Waals surface area contributed by atoms with Crippen molar-refractivity contribution in [3.05, 3.63) is 34.6 Å². The third-order valence-electron chi connectivity index (χ3n) is 3.37. The van der Waals surface area contributed by atoms with Crippen molar-refractivity contribution in [2.75, 3.05) is 19.6 Å². The zero-order valence-electron chi connectivity index (χ0n) is 11.7. The van der Waals surface area contributed by atoms with E-state index >= 15 is 0 Å². The fourth-order valence-electron chi connectivity index (χ4n) is 2.24. The Labute approximate surface area is 127 Å². The van der Waals surface area contributed by atoms with Gasteiger partial charge < -0.3 is 15.5 Å². The summed E-state index contributed by atoms with van der Waals surface area (Å²) < 4.78 is 13.8. The van der Waals surface area contributed by atoms with Crippen LogP contribution in [0.4, 0.5) is 9.18 Å². The first kappa shape index (κ1) is 15.6. The van der Waals surface area contributed by atoms with Gasteiger partial charge in [0.1, 0.15) is 5.82 Å². The highest BCUT2D eigenvalue weighted by molar-refractivity contribution is 6.31. The van der Waals surface area contributed by atoms with E-state index in [4.69, 9.17) is 11.6 Å². The van der Waals surface area contributed by atoms with E-state index in [1.165, 1.54) is 17.0 Å². The number of rotatable bonds is 2. The summed E-state index contributed by atoms with van der Waals surface area (Å²) in [4.78, 5) is 25.0. The molecule has 1 atom stereocenters. The van der Waals surface area contributed by atoms with Crippen molar-refractivity contribution >= 4 is 23.5 Å². The Kier molecular flexibility index (Phi) is 5.01. The number of benzene rings is 1. The van der Waals surface area contributed by atoms with Gasteiger partial charge in [0.05, 0.1) is 6.04 Å². The van der Waals surface area contributed by atoms with Gasteiger partial charge in [0, 0.05) is 36.6 Å². The molecule has 0 spiro atoms. The van der Waals surface area contributed by atoms with Gasteiger partial charge >= 0.3 is 6.03 Å². The van der Waals surface area contributed by atoms with E-state index in [1.54, 1.807) is 13.0 Å². The molecule has 0 aromatic heterocycles. The van der Waals surface area contributed by atoms with Gasteiger partial charge in [-0.05, 0) is 19.1 Å². The highest BCUT2D eigenvalue weighted by Crippen LogP contribution is 2.25. The number of hydrogen-bond donors (Lipinski definition) is 2. The van der Waals surface area contributed by atoms with Crippen molar-refractivity contribution < 1.29 is 14.0 Å². The Morgan fingerprint density at radius 2 is 2.24 bits per heavy atom. The molecule has 5 nitrogen and oxygen atoms in total. The summed E-state index contributed by atoms with van der Waals surface area (Å²) >= 11 is 5.98. The lowest BCUT2D eigenvalue weighted by molar-refractivity contribution is -0.120. The number of nitrogens with one attached hydrogen (secondary N) is 2. The predicted molar refractivity (Wildman–Crippen MR) is 77.6 cm³/mol. The van der Waals surface area contributed by atoms with E-state index < -0.39 is 11.9 Å². The minimum Gasteiger partial charge on any atom is -0.354 e. The molecule has 114 valence electrons. The van der Waals surface area contributed by atoms with Crippen LogP contribution in [0.15, 0.2) is 18.2 Å². The Balaban J connectivity index is 2.03. The number of hydrogen-bond acceptors (Lipinski definition) is 2. The molecule has 3 amide bonds. The van der Waals surface area contributed by atoms with Crippen molar-refractivity contribution in [3.8, 4) is 0 Å². The summed E-state index contributed by atoms with van der Waals surface area (Å²) in [5.41, 5.74) is 0.261. The molecule has 0 saturated carbocycles. The number of halogens is 2. The lowest BCUT2D eigenvalue weighted by Gasteiger charge is -2.24. The van der Waals surface area contributed by atoms with Crippen LogP contribution in [-0.2, 0) is 4.79 Å². The Bertz CT molecular complexity index is 533. The standard InChI is InChI=1S/C14H17ClFN3O2/c1-9(13-10(15)3-2-4-11(13)16)18-14(21)19-7-5-12(20)17-6-8-19/h2-4,9H,5-8H2,1H3,(H,17,20)(H,18,21). The topological polar surface area (TPSA) is 61.4 Å². The maximum absolute atomic E-state index is 13.8. The Hall–Kier alpha value is -1.82. The lowest BCUT2D eigenvalue weighted by atomic mass is 10.1. The molecule has 0 aliphatic carbocycles. The first-order valence-electron chi connectivity index (χ1n) is 6.75. The van der Waals surface area contributed by atoms with Crippen molar-refractivity contribution in [1.29, 1.82) is 0 Å². The summed E-state index contributed by atoms with van der Waals surface area (Å²) in [5.74, 6) is -0.529. The summed E-state index contributed by atoms with van der Waals surface area (Å²) in [6.45, 7) is 2.86. The van der Waals surface area contributed by atoms with Gasteiger partial charge in [-0.3, -0.25) is 4.79 Å². The zero-order valence-corrected chi connectivity index (χ0v) is 12.4.